The summed E-state index contributed by atoms with van der Waals surface area (Å²) in [5, 5.41) is 11.7. The predicted molar refractivity (Wildman–Crippen MR) is 117 cm³/mol. The number of nitrogens with zero attached hydrogens (tertiary/aromatic N) is 4. The molecule has 0 aliphatic rings. The van der Waals surface area contributed by atoms with Crippen molar-refractivity contribution >= 4 is 23.4 Å². The normalized spacial score (nSPS) is 10.6. The Kier molecular flexibility index (Phi) is 6.23. The molecule has 31 heavy (non-hydrogen) atoms. The molecular weight excluding hydrogens is 417 g/mol. The fourth-order valence-corrected chi connectivity index (χ4v) is 3.66. The van der Waals surface area contributed by atoms with Crippen molar-refractivity contribution in [3.63, 3.8) is 0 Å². The van der Waals surface area contributed by atoms with E-state index < -0.39 is 5.82 Å². The van der Waals surface area contributed by atoms with Gasteiger partial charge in [-0.2, -0.15) is 0 Å². The molecule has 0 fully saturated rings. The van der Waals surface area contributed by atoms with Crippen LogP contribution in [-0.2, 0) is 4.79 Å². The number of rotatable bonds is 7. The molecule has 0 aliphatic carbocycles. The first-order valence-corrected chi connectivity index (χ1v) is 10.3. The van der Waals surface area contributed by atoms with Gasteiger partial charge in [-0.1, -0.05) is 30.0 Å². The van der Waals surface area contributed by atoms with Crippen molar-refractivity contribution in [2.45, 2.75) is 5.16 Å². The highest BCUT2D eigenvalue weighted by molar-refractivity contribution is 7.99. The van der Waals surface area contributed by atoms with E-state index in [2.05, 4.69) is 20.5 Å². The molecule has 2 aromatic heterocycles. The van der Waals surface area contributed by atoms with Crippen molar-refractivity contribution in [2.24, 2.45) is 0 Å². The summed E-state index contributed by atoms with van der Waals surface area (Å²) < 4.78 is 21.0. The first kappa shape index (κ1) is 20.5. The van der Waals surface area contributed by atoms with Gasteiger partial charge in [0.15, 0.2) is 11.0 Å². The van der Waals surface area contributed by atoms with Crippen molar-refractivity contribution in [1.82, 2.24) is 19.7 Å². The number of thioether (sulfide) groups is 1. The number of amides is 1. The van der Waals surface area contributed by atoms with Gasteiger partial charge in [-0.3, -0.25) is 14.3 Å². The molecule has 0 atom stereocenters. The maximum Gasteiger partial charge on any atom is 0.234 e. The zero-order chi connectivity index (χ0) is 21.6. The largest absolute Gasteiger partial charge is 0.497 e. The Hall–Kier alpha value is -3.72. The molecule has 156 valence electrons. The molecular formula is C22H18FN5O2S. The number of para-hydroxylation sites is 1. The molecule has 2 aromatic carbocycles. The van der Waals surface area contributed by atoms with E-state index in [9.17, 15) is 9.18 Å². The number of hydrogen-bond acceptors (Lipinski definition) is 6. The van der Waals surface area contributed by atoms with Crippen molar-refractivity contribution in [1.29, 1.82) is 0 Å². The summed E-state index contributed by atoms with van der Waals surface area (Å²) in [5.41, 5.74) is 1.75. The van der Waals surface area contributed by atoms with Gasteiger partial charge in [-0.05, 0) is 36.4 Å². The summed E-state index contributed by atoms with van der Waals surface area (Å²) in [6, 6.07) is 17.2. The number of nitrogens with one attached hydrogen (secondary N) is 1. The van der Waals surface area contributed by atoms with Crippen LogP contribution in [0.15, 0.2) is 78.2 Å². The number of anilines is 1. The first-order valence-electron chi connectivity index (χ1n) is 9.33. The predicted octanol–water partition coefficient (Wildman–Crippen LogP) is 4.21. The van der Waals surface area contributed by atoms with Crippen LogP contribution < -0.4 is 10.1 Å². The maximum atomic E-state index is 13.8. The van der Waals surface area contributed by atoms with Gasteiger partial charge >= 0.3 is 0 Å². The zero-order valence-corrected chi connectivity index (χ0v) is 17.3. The van der Waals surface area contributed by atoms with Gasteiger partial charge < -0.3 is 10.1 Å². The number of aromatic nitrogens is 4. The Balaban J connectivity index is 1.62. The standard InChI is InChI=1S/C22H18FN5O2S/c1-30-17-6-4-5-16(13-17)28-21(15-9-11-24-12-10-15)26-27-22(28)31-14-20(29)25-19-8-3-2-7-18(19)23/h2-13H,14H2,1H3,(H,25,29). The molecule has 0 bridgehead atoms. The van der Waals surface area contributed by atoms with Gasteiger partial charge in [-0.25, -0.2) is 4.39 Å². The van der Waals surface area contributed by atoms with Crippen molar-refractivity contribution in [3.8, 4) is 22.8 Å². The molecule has 0 unspecified atom stereocenters. The molecule has 0 spiro atoms. The smallest absolute Gasteiger partial charge is 0.234 e. The highest BCUT2D eigenvalue weighted by Crippen LogP contribution is 2.29. The quantitative estimate of drug-likeness (QED) is 0.438. The third-order valence-electron chi connectivity index (χ3n) is 4.36. The number of ether oxygens (including phenoxy) is 1. The SMILES string of the molecule is COc1cccc(-n2c(SCC(=O)Nc3ccccc3F)nnc2-c2ccncc2)c1. The lowest BCUT2D eigenvalue weighted by molar-refractivity contribution is -0.113. The second-order valence-corrected chi connectivity index (χ2v) is 7.34. The minimum atomic E-state index is -0.486. The molecule has 2 heterocycles. The van der Waals surface area contributed by atoms with Crippen LogP contribution in [0.5, 0.6) is 5.75 Å². The van der Waals surface area contributed by atoms with Crippen LogP contribution in [-0.4, -0.2) is 38.5 Å². The first-order chi connectivity index (χ1) is 15.2. The van der Waals surface area contributed by atoms with Gasteiger partial charge in [-0.15, -0.1) is 10.2 Å². The number of pyridine rings is 1. The average Bonchev–Trinajstić information content (AvgIpc) is 3.24. The minimum absolute atomic E-state index is 0.0345. The topological polar surface area (TPSA) is 81.9 Å². The summed E-state index contributed by atoms with van der Waals surface area (Å²) in [7, 11) is 1.60. The van der Waals surface area contributed by atoms with E-state index in [1.807, 2.05) is 41.0 Å². The Morgan fingerprint density at radius 3 is 2.68 bits per heavy atom. The number of carbonyl (C=O) groups excluding carboxylic acids is 1. The maximum absolute atomic E-state index is 13.8. The van der Waals surface area contributed by atoms with Crippen LogP contribution >= 0.6 is 11.8 Å². The molecule has 4 aromatic rings. The molecule has 0 radical (unpaired) electrons. The fraction of sp³-hybridized carbons (Fsp3) is 0.0909. The van der Waals surface area contributed by atoms with Gasteiger partial charge in [0.05, 0.1) is 24.2 Å². The molecule has 0 saturated heterocycles. The number of carbonyl (C=O) groups is 1. The van der Waals surface area contributed by atoms with Crippen molar-refractivity contribution in [2.75, 3.05) is 18.2 Å². The third-order valence-corrected chi connectivity index (χ3v) is 5.29. The molecule has 0 aliphatic heterocycles. The Morgan fingerprint density at radius 1 is 1.10 bits per heavy atom. The molecule has 1 amide bonds. The summed E-state index contributed by atoms with van der Waals surface area (Å²) in [6.45, 7) is 0. The van der Waals surface area contributed by atoms with Crippen molar-refractivity contribution in [3.05, 3.63) is 78.9 Å². The summed E-state index contributed by atoms with van der Waals surface area (Å²) in [4.78, 5) is 16.4. The molecule has 1 N–H and O–H groups in total. The molecule has 9 heteroatoms. The van der Waals surface area contributed by atoms with Gasteiger partial charge in [0, 0.05) is 24.0 Å². The van der Waals surface area contributed by atoms with Crippen LogP contribution in [0.3, 0.4) is 0 Å². The minimum Gasteiger partial charge on any atom is -0.497 e. The van der Waals surface area contributed by atoms with E-state index >= 15 is 0 Å². The Bertz CT molecular complexity index is 1200. The van der Waals surface area contributed by atoms with E-state index in [0.717, 1.165) is 11.3 Å². The summed E-state index contributed by atoms with van der Waals surface area (Å²) in [5.74, 6) is 0.487. The Morgan fingerprint density at radius 2 is 1.90 bits per heavy atom. The van der Waals surface area contributed by atoms with Gasteiger partial charge in [0.25, 0.3) is 0 Å². The third kappa shape index (κ3) is 4.72. The van der Waals surface area contributed by atoms with Crippen LogP contribution in [0.1, 0.15) is 0 Å². The van der Waals surface area contributed by atoms with E-state index in [0.29, 0.717) is 16.7 Å². The van der Waals surface area contributed by atoms with E-state index in [1.165, 1.54) is 23.9 Å². The molecule has 0 saturated carbocycles. The van der Waals surface area contributed by atoms with E-state index in [-0.39, 0.29) is 17.3 Å². The number of methoxy groups -OCH3 is 1. The summed E-state index contributed by atoms with van der Waals surface area (Å²) >= 11 is 1.20. The number of benzene rings is 2. The fourth-order valence-electron chi connectivity index (χ4n) is 2.91. The second kappa shape index (κ2) is 9.40. The monoisotopic (exact) mass is 435 g/mol. The van der Waals surface area contributed by atoms with Crippen molar-refractivity contribution < 1.29 is 13.9 Å². The van der Waals surface area contributed by atoms with Gasteiger partial charge in [0.1, 0.15) is 11.6 Å². The lowest BCUT2D eigenvalue weighted by Crippen LogP contribution is -2.15. The number of halogens is 1. The molecule has 7 nitrogen and oxygen atoms in total. The highest BCUT2D eigenvalue weighted by atomic mass is 32.2. The lowest BCUT2D eigenvalue weighted by Gasteiger charge is -2.11. The highest BCUT2D eigenvalue weighted by Gasteiger charge is 2.18. The van der Waals surface area contributed by atoms with E-state index in [4.69, 9.17) is 4.74 Å². The second-order valence-electron chi connectivity index (χ2n) is 6.40. The van der Waals surface area contributed by atoms with Crippen LogP contribution in [0.4, 0.5) is 10.1 Å². The van der Waals surface area contributed by atoms with Gasteiger partial charge in [0.2, 0.25) is 5.91 Å². The van der Waals surface area contributed by atoms with Crippen LogP contribution in [0.25, 0.3) is 17.1 Å². The molecule has 4 rings (SSSR count). The zero-order valence-electron chi connectivity index (χ0n) is 16.5. The number of hydrogen-bond donors (Lipinski definition) is 1. The van der Waals surface area contributed by atoms with E-state index in [1.54, 1.807) is 31.6 Å². The average molecular weight is 435 g/mol. The van der Waals surface area contributed by atoms with Crippen LogP contribution in [0, 0.1) is 5.82 Å². The Labute approximate surface area is 182 Å². The summed E-state index contributed by atoms with van der Waals surface area (Å²) in [6.07, 6.45) is 3.35. The van der Waals surface area contributed by atoms with Crippen LogP contribution in [0.2, 0.25) is 0 Å². The lowest BCUT2D eigenvalue weighted by atomic mass is 10.2.